The van der Waals surface area contributed by atoms with Crippen molar-refractivity contribution in [1.82, 2.24) is 20.2 Å². The second-order valence-corrected chi connectivity index (χ2v) is 7.35. The van der Waals surface area contributed by atoms with Gasteiger partial charge in [0.2, 0.25) is 5.91 Å². The molecule has 0 bridgehead atoms. The number of hydrogen-bond donors (Lipinski definition) is 1. The van der Waals surface area contributed by atoms with Gasteiger partial charge in [-0.3, -0.25) is 9.69 Å². The summed E-state index contributed by atoms with van der Waals surface area (Å²) >= 11 is 0. The van der Waals surface area contributed by atoms with E-state index in [-0.39, 0.29) is 5.91 Å². The standard InChI is InChI=1S/C20H34N4O4/c1-4-26-10-11-27-8-5-6-19(25)21-14-20(3)15-24(7-9-28-20)13-18-12-17(2)22-16-23-18/h12,16H,4-11,13-15H2,1-3H3,(H,21,25). The van der Waals surface area contributed by atoms with Crippen LogP contribution in [-0.4, -0.2) is 79.0 Å². The molecule has 1 amide bonds. The minimum Gasteiger partial charge on any atom is -0.379 e. The molecule has 158 valence electrons. The molecule has 1 atom stereocenters. The lowest BCUT2D eigenvalue weighted by atomic mass is 10.0. The van der Waals surface area contributed by atoms with Crippen LogP contribution in [-0.2, 0) is 25.5 Å². The number of amides is 1. The molecule has 2 heterocycles. The van der Waals surface area contributed by atoms with Gasteiger partial charge in [-0.15, -0.1) is 0 Å². The first-order valence-corrected chi connectivity index (χ1v) is 10.1. The van der Waals surface area contributed by atoms with Gasteiger partial charge in [0.15, 0.2) is 0 Å². The number of aromatic nitrogens is 2. The molecule has 1 N–H and O–H groups in total. The van der Waals surface area contributed by atoms with E-state index in [1.807, 2.05) is 26.8 Å². The Kier molecular flexibility index (Phi) is 9.77. The molecule has 0 aliphatic carbocycles. The summed E-state index contributed by atoms with van der Waals surface area (Å²) in [5.41, 5.74) is 1.57. The second kappa shape index (κ2) is 12.1. The maximum Gasteiger partial charge on any atom is 0.220 e. The molecule has 8 heteroatoms. The number of hydrogen-bond acceptors (Lipinski definition) is 7. The first-order valence-electron chi connectivity index (χ1n) is 10.1. The summed E-state index contributed by atoms with van der Waals surface area (Å²) in [5.74, 6) is 0.0294. The van der Waals surface area contributed by atoms with Crippen molar-refractivity contribution in [2.45, 2.75) is 45.8 Å². The molecule has 1 unspecified atom stereocenters. The summed E-state index contributed by atoms with van der Waals surface area (Å²) in [4.78, 5) is 22.9. The zero-order chi connectivity index (χ0) is 20.2. The molecule has 1 aromatic heterocycles. The first-order chi connectivity index (χ1) is 13.5. The molecule has 28 heavy (non-hydrogen) atoms. The van der Waals surface area contributed by atoms with Crippen LogP contribution in [0.5, 0.6) is 0 Å². The Morgan fingerprint density at radius 2 is 2.14 bits per heavy atom. The summed E-state index contributed by atoms with van der Waals surface area (Å²) < 4.78 is 16.6. The van der Waals surface area contributed by atoms with Crippen LogP contribution in [0.25, 0.3) is 0 Å². The molecular weight excluding hydrogens is 360 g/mol. The Balaban J connectivity index is 1.65. The molecule has 1 fully saturated rings. The van der Waals surface area contributed by atoms with Crippen molar-refractivity contribution in [3.8, 4) is 0 Å². The fourth-order valence-electron chi connectivity index (χ4n) is 3.16. The first kappa shape index (κ1) is 22.7. The topological polar surface area (TPSA) is 85.8 Å². The lowest BCUT2D eigenvalue weighted by Gasteiger charge is -2.40. The van der Waals surface area contributed by atoms with Crippen LogP contribution in [0.2, 0.25) is 0 Å². The highest BCUT2D eigenvalue weighted by Gasteiger charge is 2.32. The van der Waals surface area contributed by atoms with E-state index in [0.29, 0.717) is 52.4 Å². The minimum atomic E-state index is -0.399. The number of nitrogens with zero attached hydrogens (tertiary/aromatic N) is 3. The summed E-state index contributed by atoms with van der Waals surface area (Å²) in [6, 6.07) is 2.00. The van der Waals surface area contributed by atoms with Crippen LogP contribution in [0.4, 0.5) is 0 Å². The van der Waals surface area contributed by atoms with E-state index in [1.165, 1.54) is 0 Å². The predicted molar refractivity (Wildman–Crippen MR) is 106 cm³/mol. The highest BCUT2D eigenvalue weighted by atomic mass is 16.5. The van der Waals surface area contributed by atoms with Crippen molar-refractivity contribution in [2.75, 3.05) is 52.7 Å². The zero-order valence-electron chi connectivity index (χ0n) is 17.4. The smallest absolute Gasteiger partial charge is 0.220 e. The average molecular weight is 395 g/mol. The van der Waals surface area contributed by atoms with Gasteiger partial charge in [0.05, 0.1) is 31.1 Å². The van der Waals surface area contributed by atoms with Crippen LogP contribution in [0, 0.1) is 6.92 Å². The van der Waals surface area contributed by atoms with E-state index >= 15 is 0 Å². The summed E-state index contributed by atoms with van der Waals surface area (Å²) in [5, 5.41) is 3.00. The number of rotatable bonds is 12. The third-order valence-electron chi connectivity index (χ3n) is 4.59. The van der Waals surface area contributed by atoms with E-state index in [1.54, 1.807) is 6.33 Å². The Morgan fingerprint density at radius 3 is 2.93 bits per heavy atom. The minimum absolute atomic E-state index is 0.0294. The lowest BCUT2D eigenvalue weighted by molar-refractivity contribution is -0.127. The van der Waals surface area contributed by atoms with Gasteiger partial charge in [-0.1, -0.05) is 0 Å². The number of ether oxygens (including phenoxy) is 3. The average Bonchev–Trinajstić information content (AvgIpc) is 2.66. The van der Waals surface area contributed by atoms with E-state index in [9.17, 15) is 4.79 Å². The number of morpholine rings is 1. The van der Waals surface area contributed by atoms with Crippen LogP contribution in [0.15, 0.2) is 12.4 Å². The fraction of sp³-hybridized carbons (Fsp3) is 0.750. The predicted octanol–water partition coefficient (Wildman–Crippen LogP) is 1.33. The van der Waals surface area contributed by atoms with E-state index < -0.39 is 5.60 Å². The molecule has 2 rings (SSSR count). The van der Waals surface area contributed by atoms with Crippen LogP contribution < -0.4 is 5.32 Å². The summed E-state index contributed by atoms with van der Waals surface area (Å²) in [6.07, 6.45) is 2.76. The molecule has 1 aliphatic heterocycles. The van der Waals surface area contributed by atoms with Gasteiger partial charge in [0.25, 0.3) is 0 Å². The molecule has 1 saturated heterocycles. The van der Waals surface area contributed by atoms with Gasteiger partial charge in [-0.05, 0) is 33.3 Å². The maximum atomic E-state index is 12.1. The van der Waals surface area contributed by atoms with Crippen molar-refractivity contribution in [2.24, 2.45) is 0 Å². The van der Waals surface area contributed by atoms with Gasteiger partial charge >= 0.3 is 0 Å². The number of carbonyl (C=O) groups excluding carboxylic acids is 1. The Hall–Kier alpha value is -1.61. The summed E-state index contributed by atoms with van der Waals surface area (Å²) in [7, 11) is 0. The van der Waals surface area contributed by atoms with E-state index in [2.05, 4.69) is 20.2 Å². The normalized spacial score (nSPS) is 20.2. The Labute approximate surface area is 168 Å². The maximum absolute atomic E-state index is 12.1. The Morgan fingerprint density at radius 1 is 1.32 bits per heavy atom. The van der Waals surface area contributed by atoms with Crippen molar-refractivity contribution < 1.29 is 19.0 Å². The molecule has 0 aromatic carbocycles. The zero-order valence-corrected chi connectivity index (χ0v) is 17.4. The molecule has 1 aromatic rings. The largest absolute Gasteiger partial charge is 0.379 e. The monoisotopic (exact) mass is 394 g/mol. The van der Waals surface area contributed by atoms with Gasteiger partial charge in [-0.25, -0.2) is 9.97 Å². The van der Waals surface area contributed by atoms with Crippen molar-refractivity contribution in [3.05, 3.63) is 23.8 Å². The molecular formula is C20H34N4O4. The van der Waals surface area contributed by atoms with Crippen molar-refractivity contribution in [3.63, 3.8) is 0 Å². The lowest BCUT2D eigenvalue weighted by Crippen LogP contribution is -2.55. The van der Waals surface area contributed by atoms with Crippen LogP contribution in [0.3, 0.4) is 0 Å². The van der Waals surface area contributed by atoms with Crippen molar-refractivity contribution in [1.29, 1.82) is 0 Å². The quantitative estimate of drug-likeness (QED) is 0.535. The van der Waals surface area contributed by atoms with Gasteiger partial charge in [0, 0.05) is 51.5 Å². The van der Waals surface area contributed by atoms with Gasteiger partial charge in [-0.2, -0.15) is 0 Å². The molecule has 1 aliphatic rings. The van der Waals surface area contributed by atoms with Gasteiger partial charge < -0.3 is 19.5 Å². The third-order valence-corrected chi connectivity index (χ3v) is 4.59. The third kappa shape index (κ3) is 8.60. The number of aryl methyl sites for hydroxylation is 1. The SMILES string of the molecule is CCOCCOCCCC(=O)NCC1(C)CN(Cc2cc(C)ncn2)CCO1. The highest BCUT2D eigenvalue weighted by molar-refractivity contribution is 5.75. The van der Waals surface area contributed by atoms with E-state index in [4.69, 9.17) is 14.2 Å². The van der Waals surface area contributed by atoms with Gasteiger partial charge in [0.1, 0.15) is 6.33 Å². The number of nitrogens with one attached hydrogen (secondary N) is 1. The molecule has 0 saturated carbocycles. The Bertz CT molecular complexity index is 601. The van der Waals surface area contributed by atoms with Crippen molar-refractivity contribution >= 4 is 5.91 Å². The molecule has 8 nitrogen and oxygen atoms in total. The highest BCUT2D eigenvalue weighted by Crippen LogP contribution is 2.18. The second-order valence-electron chi connectivity index (χ2n) is 7.35. The van der Waals surface area contributed by atoms with Crippen LogP contribution >= 0.6 is 0 Å². The summed E-state index contributed by atoms with van der Waals surface area (Å²) in [6.45, 7) is 11.9. The van der Waals surface area contributed by atoms with E-state index in [0.717, 1.165) is 31.0 Å². The molecule has 0 radical (unpaired) electrons. The van der Waals surface area contributed by atoms with Crippen LogP contribution in [0.1, 0.15) is 38.1 Å². The fourth-order valence-corrected chi connectivity index (χ4v) is 3.16. The molecule has 0 spiro atoms. The number of carbonyl (C=O) groups is 1.